The van der Waals surface area contributed by atoms with Crippen molar-refractivity contribution in [3.63, 3.8) is 0 Å². The molecule has 1 rings (SSSR count). The highest BCUT2D eigenvalue weighted by Gasteiger charge is 2.12. The predicted octanol–water partition coefficient (Wildman–Crippen LogP) is 3.46. The second kappa shape index (κ2) is 11.2. The van der Waals surface area contributed by atoms with Crippen LogP contribution in [0, 0.1) is 0 Å². The highest BCUT2D eigenvalue weighted by molar-refractivity contribution is 5.94. The van der Waals surface area contributed by atoms with Gasteiger partial charge in [0.2, 0.25) is 0 Å². The molecule has 0 aromatic heterocycles. The number of hydrogen-bond acceptors (Lipinski definition) is 3. The van der Waals surface area contributed by atoms with Crippen LogP contribution in [-0.4, -0.2) is 43.7 Å². The largest absolute Gasteiger partial charge is 0.383 e. The summed E-state index contributed by atoms with van der Waals surface area (Å²) in [7, 11) is 1.65. The van der Waals surface area contributed by atoms with Gasteiger partial charge in [-0.25, -0.2) is 0 Å². The summed E-state index contributed by atoms with van der Waals surface area (Å²) in [6.45, 7) is 10.2. The first kappa shape index (κ1) is 19.7. The van der Waals surface area contributed by atoms with E-state index in [4.69, 9.17) is 4.74 Å². The molecule has 1 amide bonds. The molecule has 23 heavy (non-hydrogen) atoms. The molecule has 1 aromatic rings. The monoisotopic (exact) mass is 320 g/mol. The molecule has 0 aliphatic carbocycles. The molecule has 0 bridgehead atoms. The molecule has 4 nitrogen and oxygen atoms in total. The van der Waals surface area contributed by atoms with Crippen molar-refractivity contribution in [2.45, 2.75) is 52.6 Å². The number of nitrogens with zero attached hydrogens (tertiary/aromatic N) is 1. The quantitative estimate of drug-likeness (QED) is 0.679. The second-order valence-corrected chi connectivity index (χ2v) is 6.01. The number of hydrogen-bond donors (Lipinski definition) is 1. The summed E-state index contributed by atoms with van der Waals surface area (Å²) < 4.78 is 5.12. The van der Waals surface area contributed by atoms with Crippen LogP contribution in [0.2, 0.25) is 0 Å². The zero-order valence-electron chi connectivity index (χ0n) is 15.1. The standard InChI is InChI=1S/C19H32N2O2/c1-5-12-21(13-6-2)14-16-8-10-17(11-9-16)19(22)20-18(7-3)15-23-4/h8-11,18H,5-7,12-15H2,1-4H3,(H,20,22). The zero-order valence-corrected chi connectivity index (χ0v) is 15.1. The third kappa shape index (κ3) is 7.14. The van der Waals surface area contributed by atoms with Crippen molar-refractivity contribution in [2.75, 3.05) is 26.8 Å². The lowest BCUT2D eigenvalue weighted by molar-refractivity contribution is 0.0894. The Kier molecular flexibility index (Phi) is 9.57. The SMILES string of the molecule is CCCN(CCC)Cc1ccc(C(=O)NC(CC)COC)cc1. The smallest absolute Gasteiger partial charge is 0.251 e. The number of amides is 1. The van der Waals surface area contributed by atoms with Crippen molar-refractivity contribution in [1.29, 1.82) is 0 Å². The molecule has 1 atom stereocenters. The van der Waals surface area contributed by atoms with Gasteiger partial charge in [-0.2, -0.15) is 0 Å². The Hall–Kier alpha value is -1.39. The number of rotatable bonds is 11. The fraction of sp³-hybridized carbons (Fsp3) is 0.632. The Morgan fingerprint density at radius 2 is 1.74 bits per heavy atom. The van der Waals surface area contributed by atoms with Crippen LogP contribution in [0.4, 0.5) is 0 Å². The summed E-state index contributed by atoms with van der Waals surface area (Å²) in [4.78, 5) is 14.7. The van der Waals surface area contributed by atoms with Gasteiger partial charge in [0, 0.05) is 19.2 Å². The Morgan fingerprint density at radius 3 is 2.22 bits per heavy atom. The first-order chi connectivity index (χ1) is 11.1. The van der Waals surface area contributed by atoms with Crippen molar-refractivity contribution in [3.05, 3.63) is 35.4 Å². The van der Waals surface area contributed by atoms with Crippen LogP contribution in [0.5, 0.6) is 0 Å². The number of nitrogens with one attached hydrogen (secondary N) is 1. The van der Waals surface area contributed by atoms with E-state index in [9.17, 15) is 4.79 Å². The minimum atomic E-state index is -0.0283. The van der Waals surface area contributed by atoms with E-state index >= 15 is 0 Å². The molecule has 0 saturated carbocycles. The fourth-order valence-electron chi connectivity index (χ4n) is 2.65. The average Bonchev–Trinajstić information content (AvgIpc) is 2.55. The minimum Gasteiger partial charge on any atom is -0.383 e. The lowest BCUT2D eigenvalue weighted by Gasteiger charge is -2.21. The molecule has 0 saturated heterocycles. The topological polar surface area (TPSA) is 41.6 Å². The summed E-state index contributed by atoms with van der Waals surface area (Å²) in [5.74, 6) is -0.0283. The van der Waals surface area contributed by atoms with Gasteiger partial charge >= 0.3 is 0 Å². The van der Waals surface area contributed by atoms with Crippen molar-refractivity contribution in [1.82, 2.24) is 10.2 Å². The van der Waals surface area contributed by atoms with Crippen molar-refractivity contribution >= 4 is 5.91 Å². The first-order valence-corrected chi connectivity index (χ1v) is 8.75. The minimum absolute atomic E-state index is 0.0283. The van der Waals surface area contributed by atoms with E-state index in [2.05, 4.69) is 36.2 Å². The summed E-state index contributed by atoms with van der Waals surface area (Å²) in [5, 5.41) is 3.01. The average molecular weight is 320 g/mol. The van der Waals surface area contributed by atoms with Crippen molar-refractivity contribution in [3.8, 4) is 0 Å². The van der Waals surface area contributed by atoms with Gasteiger partial charge in [-0.15, -0.1) is 0 Å². The van der Waals surface area contributed by atoms with Gasteiger partial charge in [0.15, 0.2) is 0 Å². The number of carbonyl (C=O) groups excluding carboxylic acids is 1. The molecule has 0 aliphatic heterocycles. The van der Waals surface area contributed by atoms with E-state index in [0.717, 1.165) is 26.1 Å². The lowest BCUT2D eigenvalue weighted by Crippen LogP contribution is -2.37. The van der Waals surface area contributed by atoms with E-state index in [-0.39, 0.29) is 11.9 Å². The molecule has 4 heteroatoms. The number of carbonyl (C=O) groups is 1. The zero-order chi connectivity index (χ0) is 17.1. The maximum Gasteiger partial charge on any atom is 0.251 e. The fourth-order valence-corrected chi connectivity index (χ4v) is 2.65. The van der Waals surface area contributed by atoms with Crippen molar-refractivity contribution < 1.29 is 9.53 Å². The molecule has 1 aromatic carbocycles. The van der Waals surface area contributed by atoms with Gasteiger partial charge in [0.25, 0.3) is 5.91 Å². The van der Waals surface area contributed by atoms with Crippen molar-refractivity contribution in [2.24, 2.45) is 0 Å². The third-order valence-electron chi connectivity index (χ3n) is 3.90. The van der Waals surface area contributed by atoms with Crippen LogP contribution >= 0.6 is 0 Å². The highest BCUT2D eigenvalue weighted by Crippen LogP contribution is 2.09. The van der Waals surface area contributed by atoms with Gasteiger partial charge in [-0.3, -0.25) is 9.69 Å². The summed E-state index contributed by atoms with van der Waals surface area (Å²) in [6.07, 6.45) is 3.19. The van der Waals surface area contributed by atoms with Crippen LogP contribution in [0.25, 0.3) is 0 Å². The van der Waals surface area contributed by atoms with Gasteiger partial charge in [0.05, 0.1) is 12.6 Å². The van der Waals surface area contributed by atoms with E-state index in [1.165, 1.54) is 18.4 Å². The second-order valence-electron chi connectivity index (χ2n) is 6.01. The number of benzene rings is 1. The molecule has 130 valence electrons. The molecule has 0 fully saturated rings. The van der Waals surface area contributed by atoms with Crippen LogP contribution in [-0.2, 0) is 11.3 Å². The summed E-state index contributed by atoms with van der Waals surface area (Å²) >= 11 is 0. The Bertz CT molecular complexity index is 439. The molecular weight excluding hydrogens is 288 g/mol. The molecule has 0 radical (unpaired) electrons. The molecule has 0 spiro atoms. The van der Waals surface area contributed by atoms with Gasteiger partial charge < -0.3 is 10.1 Å². The maximum atomic E-state index is 12.3. The highest BCUT2D eigenvalue weighted by atomic mass is 16.5. The Morgan fingerprint density at radius 1 is 1.13 bits per heavy atom. The molecular formula is C19H32N2O2. The van der Waals surface area contributed by atoms with E-state index in [0.29, 0.717) is 12.2 Å². The Labute approximate surface area is 141 Å². The Balaban J connectivity index is 2.62. The van der Waals surface area contributed by atoms with Crippen LogP contribution in [0.3, 0.4) is 0 Å². The molecule has 1 N–H and O–H groups in total. The molecule has 0 heterocycles. The van der Waals surface area contributed by atoms with Crippen LogP contribution in [0.1, 0.15) is 56.0 Å². The summed E-state index contributed by atoms with van der Waals surface area (Å²) in [6, 6.07) is 8.02. The maximum absolute atomic E-state index is 12.3. The van der Waals surface area contributed by atoms with E-state index in [1.54, 1.807) is 7.11 Å². The predicted molar refractivity (Wildman–Crippen MR) is 95.7 cm³/mol. The molecule has 1 unspecified atom stereocenters. The molecule has 0 aliphatic rings. The van der Waals surface area contributed by atoms with Crippen LogP contribution < -0.4 is 5.32 Å². The van der Waals surface area contributed by atoms with Crippen LogP contribution in [0.15, 0.2) is 24.3 Å². The summed E-state index contributed by atoms with van der Waals surface area (Å²) in [5.41, 5.74) is 1.97. The normalized spacial score (nSPS) is 12.4. The van der Waals surface area contributed by atoms with Gasteiger partial charge in [-0.1, -0.05) is 32.9 Å². The van der Waals surface area contributed by atoms with E-state index < -0.39 is 0 Å². The van der Waals surface area contributed by atoms with E-state index in [1.807, 2.05) is 19.1 Å². The number of methoxy groups -OCH3 is 1. The first-order valence-electron chi connectivity index (χ1n) is 8.75. The number of ether oxygens (including phenoxy) is 1. The third-order valence-corrected chi connectivity index (χ3v) is 3.90. The van der Waals surface area contributed by atoms with Gasteiger partial charge in [-0.05, 0) is 50.0 Å². The lowest BCUT2D eigenvalue weighted by atomic mass is 10.1. The van der Waals surface area contributed by atoms with Gasteiger partial charge in [0.1, 0.15) is 0 Å².